The molecular formula is C18H14N2. The van der Waals surface area contributed by atoms with Crippen LogP contribution in [0.4, 0.5) is 0 Å². The largest absolute Gasteiger partial charge is 0.304 e. The van der Waals surface area contributed by atoms with Gasteiger partial charge in [0.2, 0.25) is 0 Å². The van der Waals surface area contributed by atoms with Crippen LogP contribution in [0.15, 0.2) is 66.9 Å². The van der Waals surface area contributed by atoms with Crippen LogP contribution in [0.1, 0.15) is 5.69 Å². The van der Waals surface area contributed by atoms with Crippen molar-refractivity contribution in [1.29, 1.82) is 0 Å². The highest BCUT2D eigenvalue weighted by molar-refractivity contribution is 5.95. The van der Waals surface area contributed by atoms with E-state index in [1.54, 1.807) is 0 Å². The third-order valence-corrected chi connectivity index (χ3v) is 3.76. The van der Waals surface area contributed by atoms with Crippen LogP contribution in [0.3, 0.4) is 0 Å². The van der Waals surface area contributed by atoms with Gasteiger partial charge in [-0.05, 0) is 29.8 Å². The van der Waals surface area contributed by atoms with E-state index < -0.39 is 0 Å². The average molecular weight is 258 g/mol. The second-order valence-corrected chi connectivity index (χ2v) is 5.05. The molecule has 0 unspecified atom stereocenters. The van der Waals surface area contributed by atoms with Crippen molar-refractivity contribution in [2.24, 2.45) is 0 Å². The zero-order chi connectivity index (χ0) is 13.5. The highest BCUT2D eigenvalue weighted by Gasteiger charge is 2.08. The molecule has 0 fully saturated rings. The van der Waals surface area contributed by atoms with E-state index in [1.807, 2.05) is 12.1 Å². The molecular weight excluding hydrogens is 244 g/mol. The molecule has 96 valence electrons. The third kappa shape index (κ3) is 1.62. The van der Waals surface area contributed by atoms with E-state index in [2.05, 4.69) is 66.1 Å². The van der Waals surface area contributed by atoms with Gasteiger partial charge in [-0.15, -0.1) is 0 Å². The molecule has 2 heterocycles. The maximum Gasteiger partial charge on any atom is 0.137 e. The highest BCUT2D eigenvalue weighted by atomic mass is 15.0. The number of hydrogen-bond donors (Lipinski definition) is 0. The van der Waals surface area contributed by atoms with Crippen LogP contribution in [-0.4, -0.2) is 9.38 Å². The molecule has 2 aromatic heterocycles. The van der Waals surface area contributed by atoms with Crippen molar-refractivity contribution in [1.82, 2.24) is 9.38 Å². The highest BCUT2D eigenvalue weighted by Crippen LogP contribution is 2.28. The Hall–Kier alpha value is -2.61. The van der Waals surface area contributed by atoms with Gasteiger partial charge >= 0.3 is 0 Å². The van der Waals surface area contributed by atoms with Gasteiger partial charge in [-0.25, -0.2) is 4.98 Å². The van der Waals surface area contributed by atoms with Gasteiger partial charge in [0.15, 0.2) is 0 Å². The molecule has 4 aromatic rings. The monoisotopic (exact) mass is 258 g/mol. The number of fused-ring (bicyclic) bond motifs is 2. The van der Waals surface area contributed by atoms with Crippen LogP contribution in [0, 0.1) is 6.92 Å². The summed E-state index contributed by atoms with van der Waals surface area (Å²) in [6, 6.07) is 21.0. The molecule has 2 heteroatoms. The van der Waals surface area contributed by atoms with Crippen molar-refractivity contribution in [3.8, 4) is 11.3 Å². The van der Waals surface area contributed by atoms with Gasteiger partial charge in [0, 0.05) is 17.5 Å². The fraction of sp³-hybridized carbons (Fsp3) is 0.0556. The van der Waals surface area contributed by atoms with Gasteiger partial charge in [-0.2, -0.15) is 0 Å². The van der Waals surface area contributed by atoms with Gasteiger partial charge in [-0.1, -0.05) is 48.5 Å². The standard InChI is InChI=1S/C18H14N2/c1-13-6-4-11-18-19-17(12-20(13)18)16-10-5-8-14-7-2-3-9-15(14)16/h2-12H,1H3. The molecule has 0 saturated carbocycles. The number of imidazole rings is 1. The zero-order valence-corrected chi connectivity index (χ0v) is 11.2. The Morgan fingerprint density at radius 3 is 2.55 bits per heavy atom. The molecule has 0 atom stereocenters. The zero-order valence-electron chi connectivity index (χ0n) is 11.2. The Bertz CT molecular complexity index is 914. The first-order valence-electron chi connectivity index (χ1n) is 6.76. The molecule has 0 saturated heterocycles. The molecule has 2 nitrogen and oxygen atoms in total. The van der Waals surface area contributed by atoms with Crippen LogP contribution in [0.25, 0.3) is 27.7 Å². The van der Waals surface area contributed by atoms with Crippen molar-refractivity contribution in [3.05, 3.63) is 72.6 Å². The number of pyridine rings is 1. The van der Waals surface area contributed by atoms with E-state index in [-0.39, 0.29) is 0 Å². The Balaban J connectivity index is 2.04. The molecule has 0 bridgehead atoms. The lowest BCUT2D eigenvalue weighted by atomic mass is 10.0. The van der Waals surface area contributed by atoms with E-state index in [0.717, 1.165) is 11.3 Å². The van der Waals surface area contributed by atoms with Crippen molar-refractivity contribution < 1.29 is 0 Å². The van der Waals surface area contributed by atoms with Crippen LogP contribution < -0.4 is 0 Å². The van der Waals surface area contributed by atoms with E-state index >= 15 is 0 Å². The molecule has 0 spiro atoms. The normalized spacial score (nSPS) is 11.2. The van der Waals surface area contributed by atoms with Crippen molar-refractivity contribution in [2.45, 2.75) is 6.92 Å². The minimum Gasteiger partial charge on any atom is -0.304 e. The predicted molar refractivity (Wildman–Crippen MR) is 82.9 cm³/mol. The lowest BCUT2D eigenvalue weighted by molar-refractivity contribution is 1.09. The fourth-order valence-electron chi connectivity index (χ4n) is 2.73. The minimum absolute atomic E-state index is 0.993. The number of rotatable bonds is 1. The molecule has 4 rings (SSSR count). The van der Waals surface area contributed by atoms with E-state index in [0.29, 0.717) is 0 Å². The molecule has 2 aromatic carbocycles. The number of benzene rings is 2. The Morgan fingerprint density at radius 1 is 0.850 bits per heavy atom. The van der Waals surface area contributed by atoms with Crippen molar-refractivity contribution >= 4 is 16.4 Å². The first-order valence-corrected chi connectivity index (χ1v) is 6.76. The topological polar surface area (TPSA) is 17.3 Å². The lowest BCUT2D eigenvalue weighted by Gasteiger charge is -2.03. The summed E-state index contributed by atoms with van der Waals surface area (Å²) in [4.78, 5) is 4.76. The fourth-order valence-corrected chi connectivity index (χ4v) is 2.73. The second kappa shape index (κ2) is 4.20. The van der Waals surface area contributed by atoms with Gasteiger partial charge in [0.25, 0.3) is 0 Å². The van der Waals surface area contributed by atoms with Gasteiger partial charge in [0.05, 0.1) is 5.69 Å². The van der Waals surface area contributed by atoms with Crippen LogP contribution >= 0.6 is 0 Å². The first kappa shape index (κ1) is 11.2. The molecule has 20 heavy (non-hydrogen) atoms. The SMILES string of the molecule is Cc1cccc2nc(-c3cccc4ccccc34)cn12. The Kier molecular flexibility index (Phi) is 2.36. The predicted octanol–water partition coefficient (Wildman–Crippen LogP) is 4.46. The van der Waals surface area contributed by atoms with Crippen LogP contribution in [0.5, 0.6) is 0 Å². The van der Waals surface area contributed by atoms with Crippen molar-refractivity contribution in [3.63, 3.8) is 0 Å². The molecule has 0 aliphatic carbocycles. The third-order valence-electron chi connectivity index (χ3n) is 3.76. The van der Waals surface area contributed by atoms with Gasteiger partial charge < -0.3 is 4.40 Å². The molecule has 0 aliphatic heterocycles. The first-order chi connectivity index (χ1) is 9.83. The number of aryl methyl sites for hydroxylation is 1. The molecule has 0 radical (unpaired) electrons. The summed E-state index contributed by atoms with van der Waals surface area (Å²) in [5.74, 6) is 0. The van der Waals surface area contributed by atoms with Gasteiger partial charge in [-0.3, -0.25) is 0 Å². The van der Waals surface area contributed by atoms with Crippen LogP contribution in [-0.2, 0) is 0 Å². The van der Waals surface area contributed by atoms with Gasteiger partial charge in [0.1, 0.15) is 5.65 Å². The smallest absolute Gasteiger partial charge is 0.137 e. The summed E-state index contributed by atoms with van der Waals surface area (Å²) in [6.45, 7) is 2.10. The summed E-state index contributed by atoms with van der Waals surface area (Å²) >= 11 is 0. The maximum atomic E-state index is 4.76. The summed E-state index contributed by atoms with van der Waals surface area (Å²) in [7, 11) is 0. The summed E-state index contributed by atoms with van der Waals surface area (Å²) < 4.78 is 2.14. The number of aromatic nitrogens is 2. The molecule has 0 N–H and O–H groups in total. The van der Waals surface area contributed by atoms with E-state index in [9.17, 15) is 0 Å². The minimum atomic E-state index is 0.993. The van der Waals surface area contributed by atoms with E-state index in [1.165, 1.54) is 22.0 Å². The van der Waals surface area contributed by atoms with Crippen LogP contribution in [0.2, 0.25) is 0 Å². The van der Waals surface area contributed by atoms with Crippen molar-refractivity contribution in [2.75, 3.05) is 0 Å². The maximum absolute atomic E-state index is 4.76. The Labute approximate surface area is 117 Å². The molecule has 0 aliphatic rings. The number of hydrogen-bond acceptors (Lipinski definition) is 1. The average Bonchev–Trinajstić information content (AvgIpc) is 2.92. The van der Waals surface area contributed by atoms with E-state index in [4.69, 9.17) is 4.98 Å². The summed E-state index contributed by atoms with van der Waals surface area (Å²) in [5.41, 5.74) is 4.40. The second-order valence-electron chi connectivity index (χ2n) is 5.05. The Morgan fingerprint density at radius 2 is 1.65 bits per heavy atom. The lowest BCUT2D eigenvalue weighted by Crippen LogP contribution is -1.86. The summed E-state index contributed by atoms with van der Waals surface area (Å²) in [6.07, 6.45) is 2.12. The molecule has 0 amide bonds. The number of nitrogens with zero attached hydrogens (tertiary/aromatic N) is 2. The summed E-state index contributed by atoms with van der Waals surface area (Å²) in [5, 5.41) is 2.50. The quantitative estimate of drug-likeness (QED) is 0.492.